The minimum atomic E-state index is -0.0561. The van der Waals surface area contributed by atoms with Crippen LogP contribution in [0.5, 0.6) is 11.5 Å². The molecule has 5 rings (SSSR count). The van der Waals surface area contributed by atoms with Crippen LogP contribution in [0.2, 0.25) is 0 Å². The number of nitrogens with one attached hydrogen (secondary N) is 1. The highest BCUT2D eigenvalue weighted by Crippen LogP contribution is 2.34. The number of benzene rings is 2. The second-order valence-electron chi connectivity index (χ2n) is 7.95. The zero-order chi connectivity index (χ0) is 22.2. The molecular weight excluding hydrogens is 404 g/mol. The number of nitrogens with zero attached hydrogens (tertiary/aromatic N) is 3. The molecule has 1 aliphatic heterocycles. The summed E-state index contributed by atoms with van der Waals surface area (Å²) in [7, 11) is 0. The van der Waals surface area contributed by atoms with Gasteiger partial charge in [0.25, 0.3) is 0 Å². The molecule has 4 aromatic rings. The summed E-state index contributed by atoms with van der Waals surface area (Å²) in [5.41, 5.74) is 6.59. The Morgan fingerprint density at radius 1 is 1.03 bits per heavy atom. The lowest BCUT2D eigenvalue weighted by molar-refractivity contribution is -0.116. The first-order chi connectivity index (χ1) is 15.5. The maximum atomic E-state index is 12.6. The van der Waals surface area contributed by atoms with Gasteiger partial charge >= 0.3 is 0 Å². The largest absolute Gasteiger partial charge is 0.454 e. The van der Waals surface area contributed by atoms with Crippen molar-refractivity contribution in [3.8, 4) is 17.2 Å². The number of hydrogen-bond acceptors (Lipinski definition) is 5. The van der Waals surface area contributed by atoms with Crippen LogP contribution in [0.4, 0.5) is 5.69 Å². The number of carbonyl (C=O) groups excluding carboxylic acids is 1. The number of para-hydroxylation sites is 1. The van der Waals surface area contributed by atoms with Crippen LogP contribution >= 0.6 is 0 Å². The van der Waals surface area contributed by atoms with Crippen LogP contribution in [0, 0.1) is 20.8 Å². The molecule has 7 heteroatoms. The van der Waals surface area contributed by atoms with Gasteiger partial charge in [0.1, 0.15) is 0 Å². The van der Waals surface area contributed by atoms with Gasteiger partial charge in [-0.15, -0.1) is 0 Å². The Kier molecular flexibility index (Phi) is 5.01. The summed E-state index contributed by atoms with van der Waals surface area (Å²) in [6.07, 6.45) is 0.960. The zero-order valence-corrected chi connectivity index (χ0v) is 18.3. The Hall–Kier alpha value is -3.87. The number of pyridine rings is 1. The van der Waals surface area contributed by atoms with Gasteiger partial charge in [0.2, 0.25) is 12.7 Å². The maximum absolute atomic E-state index is 12.6. The SMILES string of the molecule is Cc1nc2c(c(C)nn2-c2ccccc2)c(C)c1CCC(=O)Nc1ccc2c(c1)OCO2. The van der Waals surface area contributed by atoms with Crippen molar-refractivity contribution in [1.29, 1.82) is 0 Å². The molecule has 0 aliphatic carbocycles. The molecule has 0 bridgehead atoms. The Labute approximate surface area is 186 Å². The fourth-order valence-electron chi connectivity index (χ4n) is 4.26. The van der Waals surface area contributed by atoms with E-state index >= 15 is 0 Å². The molecule has 0 fully saturated rings. The summed E-state index contributed by atoms with van der Waals surface area (Å²) in [6.45, 7) is 6.30. The molecule has 1 amide bonds. The van der Waals surface area contributed by atoms with Crippen LogP contribution in [0.3, 0.4) is 0 Å². The topological polar surface area (TPSA) is 78.3 Å². The Balaban J connectivity index is 1.37. The van der Waals surface area contributed by atoms with Crippen LogP contribution in [0.15, 0.2) is 48.5 Å². The Morgan fingerprint density at radius 2 is 1.81 bits per heavy atom. The molecule has 0 radical (unpaired) electrons. The van der Waals surface area contributed by atoms with E-state index in [0.29, 0.717) is 30.0 Å². The van der Waals surface area contributed by atoms with Crippen LogP contribution in [-0.2, 0) is 11.2 Å². The van der Waals surface area contributed by atoms with Crippen molar-refractivity contribution in [3.63, 3.8) is 0 Å². The van der Waals surface area contributed by atoms with Crippen LogP contribution < -0.4 is 14.8 Å². The van der Waals surface area contributed by atoms with E-state index in [2.05, 4.69) is 12.2 Å². The van der Waals surface area contributed by atoms with E-state index < -0.39 is 0 Å². The van der Waals surface area contributed by atoms with Crippen molar-refractivity contribution in [2.75, 3.05) is 12.1 Å². The fourth-order valence-corrected chi connectivity index (χ4v) is 4.26. The van der Waals surface area contributed by atoms with Crippen molar-refractivity contribution in [1.82, 2.24) is 14.8 Å². The van der Waals surface area contributed by atoms with Crippen molar-refractivity contribution < 1.29 is 14.3 Å². The van der Waals surface area contributed by atoms with E-state index in [4.69, 9.17) is 19.6 Å². The van der Waals surface area contributed by atoms with E-state index in [1.54, 1.807) is 12.1 Å². The van der Waals surface area contributed by atoms with E-state index in [0.717, 1.165) is 39.2 Å². The van der Waals surface area contributed by atoms with E-state index in [1.165, 1.54) is 0 Å². The zero-order valence-electron chi connectivity index (χ0n) is 18.3. The van der Waals surface area contributed by atoms with Crippen molar-refractivity contribution in [2.45, 2.75) is 33.6 Å². The van der Waals surface area contributed by atoms with Crippen LogP contribution in [0.25, 0.3) is 16.7 Å². The number of aromatic nitrogens is 3. The number of amides is 1. The number of fused-ring (bicyclic) bond motifs is 2. The van der Waals surface area contributed by atoms with Crippen LogP contribution in [0.1, 0.15) is 28.9 Å². The average molecular weight is 428 g/mol. The highest BCUT2D eigenvalue weighted by molar-refractivity contribution is 5.91. The summed E-state index contributed by atoms with van der Waals surface area (Å²) in [5.74, 6) is 1.29. The Morgan fingerprint density at radius 3 is 2.62 bits per heavy atom. The van der Waals surface area contributed by atoms with Gasteiger partial charge in [-0.2, -0.15) is 5.10 Å². The first-order valence-electron chi connectivity index (χ1n) is 10.6. The van der Waals surface area contributed by atoms with Gasteiger partial charge in [0, 0.05) is 29.3 Å². The minimum Gasteiger partial charge on any atom is -0.454 e. The number of carbonyl (C=O) groups is 1. The number of aryl methyl sites for hydroxylation is 3. The van der Waals surface area contributed by atoms with Crippen molar-refractivity contribution in [2.24, 2.45) is 0 Å². The highest BCUT2D eigenvalue weighted by atomic mass is 16.7. The fraction of sp³-hybridized carbons (Fsp3) is 0.240. The molecule has 32 heavy (non-hydrogen) atoms. The molecule has 0 spiro atoms. The Bertz CT molecular complexity index is 1330. The maximum Gasteiger partial charge on any atom is 0.231 e. The molecule has 3 heterocycles. The van der Waals surface area contributed by atoms with Gasteiger partial charge in [-0.25, -0.2) is 9.67 Å². The van der Waals surface area contributed by atoms with Gasteiger partial charge < -0.3 is 14.8 Å². The summed E-state index contributed by atoms with van der Waals surface area (Å²) in [4.78, 5) is 17.5. The molecule has 0 atom stereocenters. The minimum absolute atomic E-state index is 0.0561. The van der Waals surface area contributed by atoms with E-state index in [-0.39, 0.29) is 12.7 Å². The van der Waals surface area contributed by atoms with Crippen LogP contribution in [-0.4, -0.2) is 27.5 Å². The van der Waals surface area contributed by atoms with Crippen molar-refractivity contribution >= 4 is 22.6 Å². The lowest BCUT2D eigenvalue weighted by atomic mass is 9.99. The third-order valence-electron chi connectivity index (χ3n) is 5.83. The summed E-state index contributed by atoms with van der Waals surface area (Å²) in [6, 6.07) is 15.4. The molecule has 1 aliphatic rings. The van der Waals surface area contributed by atoms with Crippen molar-refractivity contribution in [3.05, 3.63) is 71.0 Å². The summed E-state index contributed by atoms with van der Waals surface area (Å²) in [5, 5.41) is 8.73. The number of anilines is 1. The predicted octanol–water partition coefficient (Wildman–Crippen LogP) is 4.65. The monoisotopic (exact) mass is 428 g/mol. The quantitative estimate of drug-likeness (QED) is 0.501. The molecule has 1 N–H and O–H groups in total. The smallest absolute Gasteiger partial charge is 0.231 e. The molecule has 0 saturated carbocycles. The van der Waals surface area contributed by atoms with Gasteiger partial charge in [-0.1, -0.05) is 18.2 Å². The molecule has 162 valence electrons. The van der Waals surface area contributed by atoms with Gasteiger partial charge in [0.05, 0.1) is 11.4 Å². The highest BCUT2D eigenvalue weighted by Gasteiger charge is 2.19. The first kappa shape index (κ1) is 20.1. The second kappa shape index (κ2) is 8.00. The number of ether oxygens (including phenoxy) is 2. The molecular formula is C25H24N4O3. The summed E-state index contributed by atoms with van der Waals surface area (Å²) >= 11 is 0. The van der Waals surface area contributed by atoms with Gasteiger partial charge in [0.15, 0.2) is 17.1 Å². The summed E-state index contributed by atoms with van der Waals surface area (Å²) < 4.78 is 12.6. The lowest BCUT2D eigenvalue weighted by Gasteiger charge is -2.12. The van der Waals surface area contributed by atoms with Gasteiger partial charge in [-0.3, -0.25) is 4.79 Å². The third-order valence-corrected chi connectivity index (χ3v) is 5.83. The molecule has 0 saturated heterocycles. The predicted molar refractivity (Wildman–Crippen MR) is 123 cm³/mol. The number of rotatable bonds is 5. The van der Waals surface area contributed by atoms with E-state index in [1.807, 2.05) is 54.9 Å². The molecule has 7 nitrogen and oxygen atoms in total. The van der Waals surface area contributed by atoms with E-state index in [9.17, 15) is 4.79 Å². The third kappa shape index (κ3) is 3.56. The lowest BCUT2D eigenvalue weighted by Crippen LogP contribution is -2.13. The van der Waals surface area contributed by atoms with Gasteiger partial charge in [-0.05, 0) is 62.6 Å². The normalized spacial score (nSPS) is 12.3. The molecule has 2 aromatic heterocycles. The average Bonchev–Trinajstić information content (AvgIpc) is 3.38. The number of hydrogen-bond donors (Lipinski definition) is 1. The molecule has 0 unspecified atom stereocenters. The first-order valence-corrected chi connectivity index (χ1v) is 10.6. The second-order valence-corrected chi connectivity index (χ2v) is 7.95. The molecule has 2 aromatic carbocycles. The standard InChI is InChI=1S/C25H24N4O3/c1-15-20(10-12-23(30)27-18-9-11-21-22(13-18)32-14-31-21)16(2)26-25-24(15)17(3)28-29(25)19-7-5-4-6-8-19/h4-9,11,13H,10,12,14H2,1-3H3,(H,27,30).